The van der Waals surface area contributed by atoms with Crippen LogP contribution in [0.25, 0.3) is 11.5 Å². The highest BCUT2D eigenvalue weighted by Gasteiger charge is 2.18. The maximum atomic E-state index is 14.0. The second kappa shape index (κ2) is 6.76. The molecule has 4 rings (SSSR count). The van der Waals surface area contributed by atoms with E-state index >= 15 is 0 Å². The molecule has 1 aliphatic heterocycles. The van der Waals surface area contributed by atoms with Crippen molar-refractivity contribution < 1.29 is 8.78 Å². The molecule has 1 aliphatic rings. The molecule has 0 spiro atoms. The predicted octanol–water partition coefficient (Wildman–Crippen LogP) is 3.68. The topological polar surface area (TPSA) is 56.0 Å². The van der Waals surface area contributed by atoms with E-state index in [1.807, 2.05) is 12.2 Å². The van der Waals surface area contributed by atoms with Crippen LogP contribution in [0.2, 0.25) is 5.15 Å². The zero-order chi connectivity index (χ0) is 18.1. The molecule has 0 unspecified atom stereocenters. The number of hydrogen-bond acceptors (Lipinski definition) is 4. The highest BCUT2D eigenvalue weighted by molar-refractivity contribution is 6.29. The fraction of sp³-hybridized carbons (Fsp3) is 0.111. The van der Waals surface area contributed by atoms with Crippen LogP contribution in [0.15, 0.2) is 53.7 Å². The summed E-state index contributed by atoms with van der Waals surface area (Å²) >= 11 is 5.74. The van der Waals surface area contributed by atoms with Crippen LogP contribution in [-0.2, 0) is 6.54 Å². The Morgan fingerprint density at radius 3 is 2.73 bits per heavy atom. The summed E-state index contributed by atoms with van der Waals surface area (Å²) in [5, 5.41) is 4.18. The predicted molar refractivity (Wildman–Crippen MR) is 94.3 cm³/mol. The lowest BCUT2D eigenvalue weighted by Crippen LogP contribution is -2.11. The summed E-state index contributed by atoms with van der Waals surface area (Å²) in [6.07, 6.45) is 4.78. The highest BCUT2D eigenvalue weighted by atomic mass is 35.5. The monoisotopic (exact) mass is 371 g/mol. The van der Waals surface area contributed by atoms with E-state index in [1.54, 1.807) is 28.9 Å². The average Bonchev–Trinajstić information content (AvgIpc) is 3.29. The van der Waals surface area contributed by atoms with Gasteiger partial charge in [0.15, 0.2) is 16.8 Å². The van der Waals surface area contributed by atoms with E-state index in [-0.39, 0.29) is 23.3 Å². The van der Waals surface area contributed by atoms with Crippen molar-refractivity contribution in [2.75, 3.05) is 6.54 Å². The fourth-order valence-electron chi connectivity index (χ4n) is 2.64. The Hall–Kier alpha value is -2.93. The minimum atomic E-state index is -0.704. The molecule has 0 aliphatic carbocycles. The van der Waals surface area contributed by atoms with Crippen molar-refractivity contribution in [3.63, 3.8) is 0 Å². The van der Waals surface area contributed by atoms with Gasteiger partial charge >= 0.3 is 0 Å². The number of benzene rings is 1. The Balaban J connectivity index is 1.79. The molecule has 8 heteroatoms. The summed E-state index contributed by atoms with van der Waals surface area (Å²) in [7, 11) is 0. The normalized spacial score (nSPS) is 13.3. The van der Waals surface area contributed by atoms with E-state index in [2.05, 4.69) is 20.1 Å². The van der Waals surface area contributed by atoms with Crippen LogP contribution in [0.3, 0.4) is 0 Å². The van der Waals surface area contributed by atoms with Gasteiger partial charge < -0.3 is 0 Å². The first-order valence-electron chi connectivity index (χ1n) is 7.83. The van der Waals surface area contributed by atoms with Crippen LogP contribution in [0.5, 0.6) is 0 Å². The Bertz CT molecular complexity index is 1040. The van der Waals surface area contributed by atoms with Crippen LogP contribution in [0.4, 0.5) is 8.78 Å². The van der Waals surface area contributed by atoms with Crippen molar-refractivity contribution in [1.29, 1.82) is 0 Å². The number of aromatic nitrogens is 4. The number of allylic oxidation sites excluding steroid dienone is 1. The first-order valence-corrected chi connectivity index (χ1v) is 8.20. The van der Waals surface area contributed by atoms with Gasteiger partial charge in [-0.1, -0.05) is 35.9 Å². The zero-order valence-electron chi connectivity index (χ0n) is 13.4. The van der Waals surface area contributed by atoms with Gasteiger partial charge in [0.2, 0.25) is 0 Å². The van der Waals surface area contributed by atoms with Gasteiger partial charge in [-0.3, -0.25) is 9.67 Å². The molecule has 0 N–H and O–H groups in total. The molecule has 130 valence electrons. The molecule has 5 nitrogen and oxygen atoms in total. The zero-order valence-corrected chi connectivity index (χ0v) is 14.2. The van der Waals surface area contributed by atoms with Crippen LogP contribution in [-0.4, -0.2) is 32.0 Å². The van der Waals surface area contributed by atoms with Crippen molar-refractivity contribution in [2.24, 2.45) is 4.99 Å². The summed E-state index contributed by atoms with van der Waals surface area (Å²) in [4.78, 5) is 12.3. The van der Waals surface area contributed by atoms with E-state index in [1.165, 1.54) is 6.07 Å². The number of nitrogens with zero attached hydrogens (tertiary/aromatic N) is 5. The second-order valence-electron chi connectivity index (χ2n) is 5.62. The highest BCUT2D eigenvalue weighted by Crippen LogP contribution is 2.21. The molecule has 0 atom stereocenters. The lowest BCUT2D eigenvalue weighted by molar-refractivity contribution is 0.584. The van der Waals surface area contributed by atoms with E-state index < -0.39 is 5.82 Å². The maximum Gasteiger partial charge on any atom is 0.181 e. The molecule has 0 amide bonds. The Morgan fingerprint density at radius 2 is 2.00 bits per heavy atom. The number of rotatable bonds is 4. The molecule has 0 radical (unpaired) electrons. The SMILES string of the molecule is Fc1ccccc1Cn1nc(-c2ncc(F)c(Cl)n2)cc1C1=NCC=C1. The minimum Gasteiger partial charge on any atom is -0.279 e. The number of aliphatic imine (C=N–C) groups is 1. The summed E-state index contributed by atoms with van der Waals surface area (Å²) in [5.41, 5.74) is 2.32. The molecule has 0 saturated heterocycles. The third-order valence-corrected chi connectivity index (χ3v) is 4.16. The summed E-state index contributed by atoms with van der Waals surface area (Å²) in [6.45, 7) is 0.790. The van der Waals surface area contributed by atoms with Crippen LogP contribution in [0, 0.1) is 11.6 Å². The molecule has 26 heavy (non-hydrogen) atoms. The molecule has 3 aromatic rings. The molecule has 1 aromatic carbocycles. The van der Waals surface area contributed by atoms with Crippen molar-refractivity contribution in [3.8, 4) is 11.5 Å². The summed E-state index contributed by atoms with van der Waals surface area (Å²) in [5.74, 6) is -0.836. The molecule has 0 bridgehead atoms. The third kappa shape index (κ3) is 3.13. The van der Waals surface area contributed by atoms with Crippen LogP contribution >= 0.6 is 11.6 Å². The van der Waals surface area contributed by atoms with Crippen LogP contribution < -0.4 is 0 Å². The van der Waals surface area contributed by atoms with Crippen molar-refractivity contribution in [1.82, 2.24) is 19.7 Å². The van der Waals surface area contributed by atoms with Gasteiger partial charge in [-0.05, 0) is 18.2 Å². The third-order valence-electron chi connectivity index (χ3n) is 3.89. The first-order chi connectivity index (χ1) is 12.6. The van der Waals surface area contributed by atoms with Gasteiger partial charge in [-0.25, -0.2) is 18.7 Å². The van der Waals surface area contributed by atoms with E-state index in [0.717, 1.165) is 11.9 Å². The Kier molecular flexibility index (Phi) is 4.30. The van der Waals surface area contributed by atoms with Crippen LogP contribution in [0.1, 0.15) is 11.3 Å². The average molecular weight is 372 g/mol. The van der Waals surface area contributed by atoms with E-state index in [0.29, 0.717) is 23.5 Å². The molecule has 0 saturated carbocycles. The van der Waals surface area contributed by atoms with Crippen molar-refractivity contribution >= 4 is 17.3 Å². The molecular formula is C18H12ClF2N5. The van der Waals surface area contributed by atoms with Gasteiger partial charge in [0.25, 0.3) is 0 Å². The van der Waals surface area contributed by atoms with Crippen molar-refractivity contribution in [2.45, 2.75) is 6.54 Å². The van der Waals surface area contributed by atoms with Gasteiger partial charge in [0, 0.05) is 5.56 Å². The Morgan fingerprint density at radius 1 is 1.15 bits per heavy atom. The summed E-state index contributed by atoms with van der Waals surface area (Å²) in [6, 6.07) is 8.22. The van der Waals surface area contributed by atoms with Gasteiger partial charge in [0.05, 0.1) is 30.7 Å². The minimum absolute atomic E-state index is 0.188. The molecular weight excluding hydrogens is 360 g/mol. The second-order valence-corrected chi connectivity index (χ2v) is 5.98. The lowest BCUT2D eigenvalue weighted by Gasteiger charge is -2.07. The smallest absolute Gasteiger partial charge is 0.181 e. The molecule has 0 fully saturated rings. The quantitative estimate of drug-likeness (QED) is 0.657. The van der Waals surface area contributed by atoms with Crippen molar-refractivity contribution in [3.05, 3.63) is 76.7 Å². The maximum absolute atomic E-state index is 14.0. The van der Waals surface area contributed by atoms with Gasteiger partial charge in [-0.2, -0.15) is 5.10 Å². The van der Waals surface area contributed by atoms with E-state index in [4.69, 9.17) is 11.6 Å². The lowest BCUT2D eigenvalue weighted by atomic mass is 10.2. The number of hydrogen-bond donors (Lipinski definition) is 0. The van der Waals surface area contributed by atoms with Gasteiger partial charge in [0.1, 0.15) is 11.5 Å². The van der Waals surface area contributed by atoms with Gasteiger partial charge in [-0.15, -0.1) is 0 Å². The largest absolute Gasteiger partial charge is 0.279 e. The summed E-state index contributed by atoms with van der Waals surface area (Å²) < 4.78 is 29.0. The fourth-order valence-corrected chi connectivity index (χ4v) is 2.77. The molecule has 3 heterocycles. The van der Waals surface area contributed by atoms with E-state index in [9.17, 15) is 8.78 Å². The number of halogens is 3. The first kappa shape index (κ1) is 16.5. The standard InChI is InChI=1S/C18H12ClF2N5/c19-17-13(21)9-23-18(24-17)15-8-16(14-6-3-7-22-14)26(25-15)10-11-4-1-2-5-12(11)20/h1-6,8-9H,7,10H2. The Labute approximate surface area is 152 Å². The molecule has 2 aromatic heterocycles.